The molecular weight excluding hydrogens is 432 g/mol. The predicted molar refractivity (Wildman–Crippen MR) is 120 cm³/mol. The molecule has 1 saturated heterocycles. The topological polar surface area (TPSA) is 86.8 Å². The van der Waals surface area contributed by atoms with E-state index in [1.165, 1.54) is 14.2 Å². The Balaban J connectivity index is 1.88. The summed E-state index contributed by atoms with van der Waals surface area (Å²) < 4.78 is 15.5. The van der Waals surface area contributed by atoms with Gasteiger partial charge in [0.1, 0.15) is 16.9 Å². The van der Waals surface area contributed by atoms with Crippen LogP contribution in [-0.4, -0.2) is 44.3 Å². The van der Waals surface area contributed by atoms with E-state index in [9.17, 15) is 9.59 Å². The number of hydrogen-bond donors (Lipinski definition) is 1. The summed E-state index contributed by atoms with van der Waals surface area (Å²) in [5.74, 6) is -1.66. The number of nitrogens with one attached hydrogen (secondary N) is 1. The number of aromatic nitrogens is 1. The van der Waals surface area contributed by atoms with Crippen LogP contribution in [0.25, 0.3) is 10.9 Å². The molecule has 1 aliphatic rings. The highest BCUT2D eigenvalue weighted by atomic mass is 35.5. The van der Waals surface area contributed by atoms with Crippen molar-refractivity contribution >= 4 is 34.4 Å². The molecule has 2 heterocycles. The van der Waals surface area contributed by atoms with Gasteiger partial charge in [0, 0.05) is 23.4 Å². The summed E-state index contributed by atoms with van der Waals surface area (Å²) in [6, 6.07) is 15.5. The average molecular weight is 455 g/mol. The van der Waals surface area contributed by atoms with Crippen molar-refractivity contribution in [3.8, 4) is 5.75 Å². The summed E-state index contributed by atoms with van der Waals surface area (Å²) in [5.41, 5.74) is 2.07. The first-order valence-electron chi connectivity index (χ1n) is 10.1. The minimum atomic E-state index is -0.815. The molecule has 0 spiro atoms. The minimum absolute atomic E-state index is 0.203. The molecule has 0 saturated carbocycles. The zero-order valence-corrected chi connectivity index (χ0v) is 18.6. The number of nitrogens with zero attached hydrogens (tertiary/aromatic N) is 1. The van der Waals surface area contributed by atoms with Crippen LogP contribution in [0.3, 0.4) is 0 Å². The van der Waals surface area contributed by atoms with Crippen molar-refractivity contribution in [1.29, 1.82) is 0 Å². The van der Waals surface area contributed by atoms with E-state index in [1.807, 2.05) is 48.5 Å². The van der Waals surface area contributed by atoms with Gasteiger partial charge in [-0.05, 0) is 29.3 Å². The van der Waals surface area contributed by atoms with E-state index in [-0.39, 0.29) is 5.15 Å². The molecule has 4 rings (SSSR count). The Bertz CT molecular complexity index is 1150. The average Bonchev–Trinajstić information content (AvgIpc) is 3.23. The molecule has 1 aliphatic heterocycles. The molecule has 7 nitrogen and oxygen atoms in total. The summed E-state index contributed by atoms with van der Waals surface area (Å²) in [6.07, 6.45) is 0. The molecule has 4 atom stereocenters. The third-order valence-electron chi connectivity index (χ3n) is 5.92. The summed E-state index contributed by atoms with van der Waals surface area (Å²) in [4.78, 5) is 30.3. The van der Waals surface area contributed by atoms with E-state index in [4.69, 9.17) is 25.8 Å². The molecule has 0 aliphatic carbocycles. The van der Waals surface area contributed by atoms with E-state index < -0.39 is 35.9 Å². The summed E-state index contributed by atoms with van der Waals surface area (Å²) >= 11 is 6.61. The van der Waals surface area contributed by atoms with Crippen molar-refractivity contribution < 1.29 is 23.8 Å². The Morgan fingerprint density at radius 2 is 1.69 bits per heavy atom. The third-order valence-corrected chi connectivity index (χ3v) is 6.22. The van der Waals surface area contributed by atoms with Crippen LogP contribution in [0.15, 0.2) is 54.6 Å². The summed E-state index contributed by atoms with van der Waals surface area (Å²) in [5, 5.41) is 4.29. The fraction of sp³-hybridized carbons (Fsp3) is 0.292. The van der Waals surface area contributed by atoms with Crippen molar-refractivity contribution in [2.45, 2.75) is 18.0 Å². The molecule has 0 amide bonds. The van der Waals surface area contributed by atoms with Gasteiger partial charge in [-0.3, -0.25) is 14.9 Å². The first kappa shape index (κ1) is 22.0. The van der Waals surface area contributed by atoms with Gasteiger partial charge in [-0.25, -0.2) is 4.98 Å². The van der Waals surface area contributed by atoms with Crippen LogP contribution in [0.1, 0.15) is 23.1 Å². The van der Waals surface area contributed by atoms with Crippen LogP contribution in [0.5, 0.6) is 5.75 Å². The molecule has 0 bridgehead atoms. The Kier molecular flexibility index (Phi) is 6.30. The van der Waals surface area contributed by atoms with Gasteiger partial charge in [0.2, 0.25) is 0 Å². The van der Waals surface area contributed by atoms with Crippen molar-refractivity contribution in [2.75, 3.05) is 21.3 Å². The van der Waals surface area contributed by atoms with Gasteiger partial charge in [0.15, 0.2) is 0 Å². The highest BCUT2D eigenvalue weighted by molar-refractivity contribution is 6.30. The number of rotatable bonds is 5. The number of pyridine rings is 1. The fourth-order valence-electron chi connectivity index (χ4n) is 4.41. The maximum Gasteiger partial charge on any atom is 0.323 e. The first-order chi connectivity index (χ1) is 15.5. The molecule has 1 N–H and O–H groups in total. The quantitative estimate of drug-likeness (QED) is 0.465. The highest BCUT2D eigenvalue weighted by Gasteiger charge is 2.52. The highest BCUT2D eigenvalue weighted by Crippen LogP contribution is 2.46. The summed E-state index contributed by atoms with van der Waals surface area (Å²) in [7, 11) is 4.23. The number of ether oxygens (including phenoxy) is 3. The van der Waals surface area contributed by atoms with Crippen LogP contribution in [0, 0.1) is 5.92 Å². The van der Waals surface area contributed by atoms with Crippen LogP contribution >= 0.6 is 11.6 Å². The molecule has 2 aromatic carbocycles. The molecule has 1 aromatic heterocycles. The van der Waals surface area contributed by atoms with Gasteiger partial charge in [-0.1, -0.05) is 41.9 Å². The van der Waals surface area contributed by atoms with E-state index in [0.29, 0.717) is 16.8 Å². The number of benzene rings is 2. The van der Waals surface area contributed by atoms with E-state index in [0.717, 1.165) is 10.9 Å². The molecule has 1 fully saturated rings. The lowest BCUT2D eigenvalue weighted by Gasteiger charge is -2.24. The predicted octanol–water partition coefficient (Wildman–Crippen LogP) is 3.66. The second-order valence-electron chi connectivity index (χ2n) is 7.56. The molecule has 32 heavy (non-hydrogen) atoms. The van der Waals surface area contributed by atoms with E-state index >= 15 is 0 Å². The lowest BCUT2D eigenvalue weighted by Crippen LogP contribution is -2.37. The number of carbonyl (C=O) groups excluding carboxylic acids is 2. The van der Waals surface area contributed by atoms with E-state index in [1.54, 1.807) is 13.2 Å². The van der Waals surface area contributed by atoms with Crippen LogP contribution in [0.4, 0.5) is 0 Å². The van der Waals surface area contributed by atoms with Gasteiger partial charge in [0.05, 0.1) is 32.8 Å². The maximum absolute atomic E-state index is 13.0. The molecule has 8 heteroatoms. The smallest absolute Gasteiger partial charge is 0.323 e. The number of methoxy groups -OCH3 is 3. The number of carbonyl (C=O) groups is 2. The standard InChI is InChI=1S/C24H23ClN2O5/c1-30-15-10-9-14-11-16(22(25)26-17(14)12-15)18-19(23(28)31-2)20(13-7-5-4-6-8-13)27-21(18)24(29)32-3/h4-12,18-21,27H,1-3H3/t18-,19-,20-,21-/m0/s1. The number of halogens is 1. The second kappa shape index (κ2) is 9.14. The van der Waals surface area contributed by atoms with Gasteiger partial charge < -0.3 is 14.2 Å². The Hall–Kier alpha value is -3.16. The lowest BCUT2D eigenvalue weighted by molar-refractivity contribution is -0.146. The van der Waals surface area contributed by atoms with Gasteiger partial charge in [0.25, 0.3) is 0 Å². The van der Waals surface area contributed by atoms with Gasteiger partial charge in [-0.15, -0.1) is 0 Å². The molecule has 0 unspecified atom stereocenters. The molecule has 0 radical (unpaired) electrons. The van der Waals surface area contributed by atoms with Crippen LogP contribution in [0.2, 0.25) is 5.15 Å². The molecular formula is C24H23ClN2O5. The van der Waals surface area contributed by atoms with E-state index in [2.05, 4.69) is 10.3 Å². The van der Waals surface area contributed by atoms with Crippen molar-refractivity contribution in [1.82, 2.24) is 10.3 Å². The van der Waals surface area contributed by atoms with Crippen molar-refractivity contribution in [3.05, 3.63) is 70.9 Å². The molecule has 3 aromatic rings. The molecule has 166 valence electrons. The SMILES string of the molecule is COC(=O)[C@H]1[C@H](c2cc3ccc(OC)cc3nc2Cl)[C@@H](C(=O)OC)N[C@H]1c1ccccc1. The minimum Gasteiger partial charge on any atom is -0.497 e. The number of fused-ring (bicyclic) bond motifs is 1. The normalized spacial score (nSPS) is 22.5. The Morgan fingerprint density at radius 1 is 0.969 bits per heavy atom. The monoisotopic (exact) mass is 454 g/mol. The maximum atomic E-state index is 13.0. The van der Waals surface area contributed by atoms with Gasteiger partial charge >= 0.3 is 11.9 Å². The van der Waals surface area contributed by atoms with Crippen molar-refractivity contribution in [3.63, 3.8) is 0 Å². The zero-order chi connectivity index (χ0) is 22.8. The second-order valence-corrected chi connectivity index (χ2v) is 7.92. The number of esters is 2. The number of hydrogen-bond acceptors (Lipinski definition) is 7. The third kappa shape index (κ3) is 3.89. The fourth-order valence-corrected chi connectivity index (χ4v) is 4.68. The zero-order valence-electron chi connectivity index (χ0n) is 17.9. The Morgan fingerprint density at radius 3 is 2.34 bits per heavy atom. The van der Waals surface area contributed by atoms with Crippen LogP contribution < -0.4 is 10.1 Å². The first-order valence-corrected chi connectivity index (χ1v) is 10.5. The Labute approximate surface area is 190 Å². The van der Waals surface area contributed by atoms with Gasteiger partial charge in [-0.2, -0.15) is 0 Å². The largest absolute Gasteiger partial charge is 0.497 e. The van der Waals surface area contributed by atoms with Crippen molar-refractivity contribution in [2.24, 2.45) is 5.92 Å². The summed E-state index contributed by atoms with van der Waals surface area (Å²) in [6.45, 7) is 0. The van der Waals surface area contributed by atoms with Crippen LogP contribution in [-0.2, 0) is 19.1 Å². The lowest BCUT2D eigenvalue weighted by atomic mass is 9.80.